The molecule has 0 unspecified atom stereocenters. The standard InChI is InChI=1S/C27H22BrClFN5O5/c1-3-15(2)26-33-22-9-4-17(28)12-20(22)27(37)34(26)31-13-16-10-21(29)25(23(11-16)35(38)39)40-14-24(36)32-19-7-5-18(30)6-8-19/h4-13,15H,3,14H2,1-2H3,(H,32,36)/t15-/m0/s1. The van der Waals surface area contributed by atoms with Crippen molar-refractivity contribution in [3.8, 4) is 5.75 Å². The monoisotopic (exact) mass is 629 g/mol. The van der Waals surface area contributed by atoms with E-state index in [1.165, 1.54) is 47.3 Å². The lowest BCUT2D eigenvalue weighted by Crippen LogP contribution is -2.23. The van der Waals surface area contributed by atoms with Crippen LogP contribution in [-0.2, 0) is 4.79 Å². The topological polar surface area (TPSA) is 129 Å². The smallest absolute Gasteiger partial charge is 0.313 e. The molecule has 0 aliphatic carbocycles. The second kappa shape index (κ2) is 12.3. The van der Waals surface area contributed by atoms with Crippen LogP contribution >= 0.6 is 27.5 Å². The summed E-state index contributed by atoms with van der Waals surface area (Å²) in [7, 11) is 0. The van der Waals surface area contributed by atoms with E-state index in [0.29, 0.717) is 33.3 Å². The molecule has 1 atom stereocenters. The van der Waals surface area contributed by atoms with Crippen molar-refractivity contribution in [1.29, 1.82) is 0 Å². The average Bonchev–Trinajstić information content (AvgIpc) is 2.92. The Kier molecular flexibility index (Phi) is 8.90. The largest absolute Gasteiger partial charge is 0.476 e. The lowest BCUT2D eigenvalue weighted by Gasteiger charge is -2.14. The molecule has 0 saturated carbocycles. The van der Waals surface area contributed by atoms with Gasteiger partial charge < -0.3 is 10.1 Å². The van der Waals surface area contributed by atoms with Gasteiger partial charge in [0.25, 0.3) is 11.5 Å². The number of halogens is 3. The summed E-state index contributed by atoms with van der Waals surface area (Å²) < 4.78 is 20.3. The highest BCUT2D eigenvalue weighted by molar-refractivity contribution is 9.10. The molecule has 4 rings (SSSR count). The number of rotatable bonds is 9. The molecule has 0 aliphatic heterocycles. The van der Waals surface area contributed by atoms with Crippen LogP contribution in [0.4, 0.5) is 15.8 Å². The molecule has 1 amide bonds. The van der Waals surface area contributed by atoms with Crippen molar-refractivity contribution >= 4 is 61.9 Å². The number of hydrogen-bond acceptors (Lipinski definition) is 7. The van der Waals surface area contributed by atoms with Crippen molar-refractivity contribution < 1.29 is 18.8 Å². The first-order valence-electron chi connectivity index (χ1n) is 12.0. The Morgan fingerprint density at radius 3 is 2.67 bits per heavy atom. The van der Waals surface area contributed by atoms with Gasteiger partial charge >= 0.3 is 5.69 Å². The lowest BCUT2D eigenvalue weighted by molar-refractivity contribution is -0.385. The minimum Gasteiger partial charge on any atom is -0.476 e. The summed E-state index contributed by atoms with van der Waals surface area (Å²) >= 11 is 9.66. The van der Waals surface area contributed by atoms with Crippen molar-refractivity contribution in [2.24, 2.45) is 5.10 Å². The van der Waals surface area contributed by atoms with Crippen molar-refractivity contribution in [2.75, 3.05) is 11.9 Å². The number of carbonyl (C=O) groups excluding carboxylic acids is 1. The van der Waals surface area contributed by atoms with Gasteiger partial charge in [-0.1, -0.05) is 41.4 Å². The number of carbonyl (C=O) groups is 1. The number of amides is 1. The van der Waals surface area contributed by atoms with E-state index in [1.807, 2.05) is 13.8 Å². The minimum atomic E-state index is -0.706. The zero-order valence-corrected chi connectivity index (χ0v) is 23.6. The van der Waals surface area contributed by atoms with E-state index in [4.69, 9.17) is 16.3 Å². The summed E-state index contributed by atoms with van der Waals surface area (Å²) in [4.78, 5) is 41.3. The zero-order chi connectivity index (χ0) is 29.0. The van der Waals surface area contributed by atoms with Gasteiger partial charge in [-0.25, -0.2) is 9.37 Å². The predicted molar refractivity (Wildman–Crippen MR) is 154 cm³/mol. The van der Waals surface area contributed by atoms with Gasteiger partial charge in [-0.05, 0) is 55.0 Å². The number of nitro groups is 1. The van der Waals surface area contributed by atoms with Gasteiger partial charge in [0.1, 0.15) is 11.6 Å². The molecule has 40 heavy (non-hydrogen) atoms. The van der Waals surface area contributed by atoms with E-state index in [9.17, 15) is 24.1 Å². The first kappa shape index (κ1) is 28.8. The molecule has 0 bridgehead atoms. The fourth-order valence-corrected chi connectivity index (χ4v) is 4.36. The second-order valence-electron chi connectivity index (χ2n) is 8.75. The number of ether oxygens (including phenoxy) is 1. The third kappa shape index (κ3) is 6.52. The molecule has 0 aliphatic rings. The number of nitrogens with zero attached hydrogens (tertiary/aromatic N) is 4. The molecule has 10 nitrogen and oxygen atoms in total. The molecule has 3 aromatic carbocycles. The van der Waals surface area contributed by atoms with Crippen molar-refractivity contribution in [1.82, 2.24) is 9.66 Å². The summed E-state index contributed by atoms with van der Waals surface area (Å²) in [6.07, 6.45) is 1.96. The van der Waals surface area contributed by atoms with Gasteiger partial charge in [0.05, 0.1) is 27.1 Å². The van der Waals surface area contributed by atoms with Crippen molar-refractivity contribution in [2.45, 2.75) is 26.2 Å². The molecule has 1 N–H and O–H groups in total. The number of anilines is 1. The number of nitro benzene ring substituents is 1. The van der Waals surface area contributed by atoms with Gasteiger partial charge in [-0.3, -0.25) is 19.7 Å². The Morgan fingerprint density at radius 1 is 1.27 bits per heavy atom. The van der Waals surface area contributed by atoms with Crippen LogP contribution in [0.2, 0.25) is 5.02 Å². The van der Waals surface area contributed by atoms with Gasteiger partial charge in [0, 0.05) is 27.7 Å². The van der Waals surface area contributed by atoms with Crippen molar-refractivity contribution in [3.63, 3.8) is 0 Å². The van der Waals surface area contributed by atoms with E-state index in [0.717, 1.165) is 0 Å². The maximum absolute atomic E-state index is 13.3. The summed E-state index contributed by atoms with van der Waals surface area (Å²) in [6, 6.07) is 12.8. The Labute approximate surface area is 240 Å². The fourth-order valence-electron chi connectivity index (χ4n) is 3.72. The van der Waals surface area contributed by atoms with Crippen LogP contribution in [0.1, 0.15) is 37.6 Å². The normalized spacial score (nSPS) is 12.0. The number of nitrogens with one attached hydrogen (secondary N) is 1. The molecule has 13 heteroatoms. The average molecular weight is 631 g/mol. The molecule has 0 radical (unpaired) electrons. The molecule has 4 aromatic rings. The Hall–Kier alpha value is -4.16. The number of hydrogen-bond donors (Lipinski definition) is 1. The maximum atomic E-state index is 13.3. The quantitative estimate of drug-likeness (QED) is 0.132. The van der Waals surface area contributed by atoms with Crippen LogP contribution in [0.5, 0.6) is 5.75 Å². The summed E-state index contributed by atoms with van der Waals surface area (Å²) in [5, 5.41) is 18.8. The minimum absolute atomic E-state index is 0.104. The van der Waals surface area contributed by atoms with Crippen LogP contribution in [0.15, 0.2) is 69.0 Å². The van der Waals surface area contributed by atoms with Crippen LogP contribution in [0, 0.1) is 15.9 Å². The van der Waals surface area contributed by atoms with E-state index in [-0.39, 0.29) is 22.3 Å². The highest BCUT2D eigenvalue weighted by atomic mass is 79.9. The fraction of sp³-hybridized carbons (Fsp3) is 0.185. The number of fused-ring (bicyclic) bond motifs is 1. The van der Waals surface area contributed by atoms with E-state index in [2.05, 4.69) is 31.3 Å². The Bertz CT molecular complexity index is 1690. The Balaban J connectivity index is 1.64. The molecule has 206 valence electrons. The predicted octanol–water partition coefficient (Wildman–Crippen LogP) is 6.27. The second-order valence-corrected chi connectivity index (χ2v) is 10.1. The molecular weight excluding hydrogens is 609 g/mol. The van der Waals surface area contributed by atoms with Crippen LogP contribution in [-0.4, -0.2) is 33.3 Å². The third-order valence-corrected chi connectivity index (χ3v) is 6.70. The van der Waals surface area contributed by atoms with Crippen LogP contribution in [0.3, 0.4) is 0 Å². The maximum Gasteiger partial charge on any atom is 0.313 e. The number of benzene rings is 3. The third-order valence-electron chi connectivity index (χ3n) is 5.93. The van der Waals surface area contributed by atoms with E-state index in [1.54, 1.807) is 18.2 Å². The first-order valence-corrected chi connectivity index (χ1v) is 13.2. The molecular formula is C27H22BrClFN5O5. The van der Waals surface area contributed by atoms with Crippen LogP contribution in [0.25, 0.3) is 10.9 Å². The summed E-state index contributed by atoms with van der Waals surface area (Å²) in [5.74, 6) is -1.08. The van der Waals surface area contributed by atoms with Gasteiger partial charge in [0.15, 0.2) is 6.61 Å². The van der Waals surface area contributed by atoms with Gasteiger partial charge in [-0.2, -0.15) is 9.78 Å². The molecule has 0 saturated heterocycles. The van der Waals surface area contributed by atoms with E-state index >= 15 is 0 Å². The summed E-state index contributed by atoms with van der Waals surface area (Å²) in [6.45, 7) is 3.29. The van der Waals surface area contributed by atoms with E-state index < -0.39 is 34.5 Å². The molecule has 1 heterocycles. The first-order chi connectivity index (χ1) is 19.1. The molecule has 1 aromatic heterocycles. The highest BCUT2D eigenvalue weighted by Crippen LogP contribution is 2.36. The van der Waals surface area contributed by atoms with Crippen molar-refractivity contribution in [3.05, 3.63) is 102 Å². The number of aromatic nitrogens is 2. The zero-order valence-electron chi connectivity index (χ0n) is 21.2. The lowest BCUT2D eigenvalue weighted by atomic mass is 10.1. The highest BCUT2D eigenvalue weighted by Gasteiger charge is 2.22. The Morgan fingerprint density at radius 2 is 2.00 bits per heavy atom. The van der Waals surface area contributed by atoms with Gasteiger partial charge in [0.2, 0.25) is 5.75 Å². The summed E-state index contributed by atoms with van der Waals surface area (Å²) in [5.41, 5.74) is 0.170. The molecule has 0 fully saturated rings. The SMILES string of the molecule is CC[C@H](C)c1nc2ccc(Br)cc2c(=O)n1N=Cc1cc(Cl)c(OCC(=O)Nc2ccc(F)cc2)c([N+](=O)[O-])c1. The van der Waals surface area contributed by atoms with Crippen LogP contribution < -0.4 is 15.6 Å². The molecule has 0 spiro atoms. The van der Waals surface area contributed by atoms with Gasteiger partial charge in [-0.15, -0.1) is 0 Å².